The van der Waals surface area contributed by atoms with E-state index >= 15 is 0 Å². The summed E-state index contributed by atoms with van der Waals surface area (Å²) in [6.07, 6.45) is 0. The van der Waals surface area contributed by atoms with Crippen molar-refractivity contribution in [3.63, 3.8) is 0 Å². The van der Waals surface area contributed by atoms with Crippen LogP contribution in [0.25, 0.3) is 0 Å². The van der Waals surface area contributed by atoms with E-state index in [2.05, 4.69) is 24.5 Å². The van der Waals surface area contributed by atoms with Crippen molar-refractivity contribution in [3.05, 3.63) is 0 Å². The first-order valence-electron chi connectivity index (χ1n) is 4.61. The molecule has 14 heavy (non-hydrogen) atoms. The second kappa shape index (κ2) is 6.65. The summed E-state index contributed by atoms with van der Waals surface area (Å²) in [5.41, 5.74) is 0. The highest BCUT2D eigenvalue weighted by atomic mass is 35.5. The maximum Gasteiger partial charge on any atom is 0.321 e. The van der Waals surface area contributed by atoms with Crippen molar-refractivity contribution < 1.29 is 9.59 Å². The van der Waals surface area contributed by atoms with Gasteiger partial charge >= 0.3 is 6.03 Å². The molecule has 4 nitrogen and oxygen atoms in total. The molecule has 1 unspecified atom stereocenters. The first-order valence-corrected chi connectivity index (χ1v) is 5.14. The third-order valence-electron chi connectivity index (χ3n) is 2.10. The lowest BCUT2D eigenvalue weighted by Gasteiger charge is -2.15. The topological polar surface area (TPSA) is 58.2 Å². The highest BCUT2D eigenvalue weighted by molar-refractivity contribution is 6.28. The van der Waals surface area contributed by atoms with E-state index in [9.17, 15) is 9.59 Å². The Balaban J connectivity index is 3.69. The lowest BCUT2D eigenvalue weighted by Crippen LogP contribution is -2.42. The van der Waals surface area contributed by atoms with Crippen molar-refractivity contribution in [3.8, 4) is 0 Å². The molecule has 0 radical (unpaired) electrons. The van der Waals surface area contributed by atoms with Crippen molar-refractivity contribution in [1.29, 1.82) is 0 Å². The van der Waals surface area contributed by atoms with Crippen LogP contribution in [0.2, 0.25) is 0 Å². The predicted octanol–water partition coefficient (Wildman–Crippen LogP) is 1.34. The molecule has 0 heterocycles. The molecular formula is C9H17ClN2O2. The molecule has 0 aliphatic heterocycles. The summed E-state index contributed by atoms with van der Waals surface area (Å²) in [5.74, 6) is 0.194. The number of urea groups is 1. The maximum atomic E-state index is 11.0. The smallest absolute Gasteiger partial charge is 0.321 e. The third kappa shape index (κ3) is 5.80. The van der Waals surface area contributed by atoms with Crippen molar-refractivity contribution in [2.45, 2.75) is 20.8 Å². The molecule has 5 heteroatoms. The van der Waals surface area contributed by atoms with Crippen LogP contribution in [0.15, 0.2) is 0 Å². The number of alkyl halides is 1. The van der Waals surface area contributed by atoms with E-state index in [0.717, 1.165) is 0 Å². The molecular weight excluding hydrogens is 204 g/mol. The van der Waals surface area contributed by atoms with Crippen LogP contribution in [0, 0.1) is 11.8 Å². The maximum absolute atomic E-state index is 11.0. The van der Waals surface area contributed by atoms with Gasteiger partial charge in [0.1, 0.15) is 5.88 Å². The zero-order chi connectivity index (χ0) is 11.1. The highest BCUT2D eigenvalue weighted by Gasteiger charge is 2.10. The van der Waals surface area contributed by atoms with Gasteiger partial charge in [-0.3, -0.25) is 10.1 Å². The van der Waals surface area contributed by atoms with Gasteiger partial charge in [-0.2, -0.15) is 0 Å². The van der Waals surface area contributed by atoms with E-state index in [0.29, 0.717) is 18.4 Å². The van der Waals surface area contributed by atoms with E-state index in [1.165, 1.54) is 0 Å². The minimum atomic E-state index is -0.485. The molecule has 0 saturated heterocycles. The molecule has 0 aromatic heterocycles. The summed E-state index contributed by atoms with van der Waals surface area (Å²) in [6, 6.07) is -0.483. The van der Waals surface area contributed by atoms with Gasteiger partial charge in [0, 0.05) is 6.54 Å². The number of imide groups is 1. The molecule has 0 aromatic rings. The van der Waals surface area contributed by atoms with Gasteiger partial charge in [0.2, 0.25) is 5.91 Å². The Morgan fingerprint density at radius 3 is 2.29 bits per heavy atom. The second-order valence-electron chi connectivity index (χ2n) is 3.61. The molecule has 0 bridgehead atoms. The number of carbonyl (C=O) groups excluding carboxylic acids is 2. The number of halogens is 1. The highest BCUT2D eigenvalue weighted by Crippen LogP contribution is 2.07. The molecule has 0 saturated carbocycles. The molecule has 0 fully saturated rings. The van der Waals surface area contributed by atoms with Gasteiger partial charge in [0.25, 0.3) is 0 Å². The van der Waals surface area contributed by atoms with Crippen LogP contribution in [-0.2, 0) is 4.79 Å². The van der Waals surface area contributed by atoms with Gasteiger partial charge in [-0.15, -0.1) is 11.6 Å². The Morgan fingerprint density at radius 1 is 1.29 bits per heavy atom. The average Bonchev–Trinajstić information content (AvgIpc) is 2.13. The monoisotopic (exact) mass is 220 g/mol. The van der Waals surface area contributed by atoms with Gasteiger partial charge in [-0.1, -0.05) is 20.8 Å². The standard InChI is InChI=1S/C9H17ClN2O2/c1-6(2)7(3)5-11-9(14)12-8(13)4-10/h6-7H,4-5H2,1-3H3,(H2,11,12,13,14). The van der Waals surface area contributed by atoms with Gasteiger partial charge in [-0.25, -0.2) is 4.79 Å². The van der Waals surface area contributed by atoms with Crippen LogP contribution in [0.1, 0.15) is 20.8 Å². The molecule has 82 valence electrons. The van der Waals surface area contributed by atoms with Crippen LogP contribution in [0.3, 0.4) is 0 Å². The third-order valence-corrected chi connectivity index (χ3v) is 2.34. The second-order valence-corrected chi connectivity index (χ2v) is 3.88. The largest absolute Gasteiger partial charge is 0.338 e. The number of amides is 3. The molecule has 0 aromatic carbocycles. The lowest BCUT2D eigenvalue weighted by atomic mass is 9.98. The Kier molecular flexibility index (Phi) is 6.28. The summed E-state index contributed by atoms with van der Waals surface area (Å²) >= 11 is 5.22. The fraction of sp³-hybridized carbons (Fsp3) is 0.778. The lowest BCUT2D eigenvalue weighted by molar-refractivity contribution is -0.117. The van der Waals surface area contributed by atoms with E-state index in [4.69, 9.17) is 11.6 Å². The summed E-state index contributed by atoms with van der Waals surface area (Å²) in [7, 11) is 0. The Hall–Kier alpha value is -0.770. The Bertz CT molecular complexity index is 207. The predicted molar refractivity (Wildman–Crippen MR) is 56.3 cm³/mol. The van der Waals surface area contributed by atoms with E-state index in [1.54, 1.807) is 0 Å². The summed E-state index contributed by atoms with van der Waals surface area (Å²) in [6.45, 7) is 6.75. The molecule has 0 aliphatic rings. The molecule has 2 N–H and O–H groups in total. The van der Waals surface area contributed by atoms with Gasteiger partial charge in [0.05, 0.1) is 0 Å². The minimum absolute atomic E-state index is 0.201. The summed E-state index contributed by atoms with van der Waals surface area (Å²) < 4.78 is 0. The molecule has 0 spiro atoms. The number of hydrogen-bond donors (Lipinski definition) is 2. The number of hydrogen-bond acceptors (Lipinski definition) is 2. The van der Waals surface area contributed by atoms with Crippen LogP contribution in [0.5, 0.6) is 0 Å². The van der Waals surface area contributed by atoms with Crippen LogP contribution < -0.4 is 10.6 Å². The van der Waals surface area contributed by atoms with E-state index in [-0.39, 0.29) is 5.88 Å². The van der Waals surface area contributed by atoms with E-state index < -0.39 is 11.9 Å². The fourth-order valence-electron chi connectivity index (χ4n) is 0.694. The molecule has 0 aliphatic carbocycles. The average molecular weight is 221 g/mol. The summed E-state index contributed by atoms with van der Waals surface area (Å²) in [5, 5.41) is 4.70. The van der Waals surface area contributed by atoms with Gasteiger partial charge < -0.3 is 5.32 Å². The van der Waals surface area contributed by atoms with Crippen molar-refractivity contribution in [2.75, 3.05) is 12.4 Å². The number of carbonyl (C=O) groups is 2. The molecule has 3 amide bonds. The first kappa shape index (κ1) is 13.2. The van der Waals surface area contributed by atoms with Crippen LogP contribution >= 0.6 is 11.6 Å². The number of nitrogens with one attached hydrogen (secondary N) is 2. The Labute approximate surface area is 89.4 Å². The van der Waals surface area contributed by atoms with Crippen molar-refractivity contribution >= 4 is 23.5 Å². The normalized spacial score (nSPS) is 12.4. The van der Waals surface area contributed by atoms with Crippen LogP contribution in [0.4, 0.5) is 4.79 Å². The number of rotatable bonds is 4. The molecule has 0 rings (SSSR count). The van der Waals surface area contributed by atoms with Crippen molar-refractivity contribution in [2.24, 2.45) is 11.8 Å². The van der Waals surface area contributed by atoms with Crippen LogP contribution in [-0.4, -0.2) is 24.4 Å². The summed E-state index contributed by atoms with van der Waals surface area (Å²) in [4.78, 5) is 21.7. The fourth-order valence-corrected chi connectivity index (χ4v) is 0.760. The Morgan fingerprint density at radius 2 is 1.86 bits per heavy atom. The zero-order valence-electron chi connectivity index (χ0n) is 8.76. The zero-order valence-corrected chi connectivity index (χ0v) is 9.52. The van der Waals surface area contributed by atoms with E-state index in [1.807, 2.05) is 6.92 Å². The first-order chi connectivity index (χ1) is 6.47. The van der Waals surface area contributed by atoms with Gasteiger partial charge in [-0.05, 0) is 11.8 Å². The minimum Gasteiger partial charge on any atom is -0.338 e. The quantitative estimate of drug-likeness (QED) is 0.703. The molecule has 1 atom stereocenters. The van der Waals surface area contributed by atoms with Crippen molar-refractivity contribution in [1.82, 2.24) is 10.6 Å². The van der Waals surface area contributed by atoms with Gasteiger partial charge in [0.15, 0.2) is 0 Å². The SMILES string of the molecule is CC(C)C(C)CNC(=O)NC(=O)CCl.